The van der Waals surface area contributed by atoms with E-state index in [0.29, 0.717) is 6.61 Å². The van der Waals surface area contributed by atoms with Crippen molar-refractivity contribution in [1.29, 1.82) is 0 Å². The van der Waals surface area contributed by atoms with E-state index < -0.39 is 0 Å². The van der Waals surface area contributed by atoms with Crippen molar-refractivity contribution in [2.24, 2.45) is 0 Å². The fourth-order valence-corrected chi connectivity index (χ4v) is 1.95. The van der Waals surface area contributed by atoms with Crippen molar-refractivity contribution in [3.05, 3.63) is 50.9 Å². The number of aromatic amines is 1. The number of aromatic nitrogens is 2. The van der Waals surface area contributed by atoms with Gasteiger partial charge in [-0.1, -0.05) is 12.1 Å². The van der Waals surface area contributed by atoms with Crippen molar-refractivity contribution in [3.8, 4) is 5.69 Å². The van der Waals surface area contributed by atoms with Gasteiger partial charge in [-0.3, -0.25) is 9.89 Å². The highest BCUT2D eigenvalue weighted by Crippen LogP contribution is 2.18. The highest BCUT2D eigenvalue weighted by Gasteiger charge is 2.07. The monoisotopic (exact) mass is 282 g/mol. The molecule has 0 spiro atoms. The summed E-state index contributed by atoms with van der Waals surface area (Å²) in [5, 5.41) is 2.99. The van der Waals surface area contributed by atoms with Crippen LogP contribution in [0.5, 0.6) is 0 Å². The van der Waals surface area contributed by atoms with Gasteiger partial charge in [0, 0.05) is 17.6 Å². The Kier molecular flexibility index (Phi) is 3.26. The van der Waals surface area contributed by atoms with Crippen molar-refractivity contribution in [3.63, 3.8) is 0 Å². The van der Waals surface area contributed by atoms with Crippen LogP contribution in [-0.4, -0.2) is 16.9 Å². The molecule has 0 radical (unpaired) electrons. The summed E-state index contributed by atoms with van der Waals surface area (Å²) >= 11 is 3.40. The zero-order chi connectivity index (χ0) is 11.5. The summed E-state index contributed by atoms with van der Waals surface area (Å²) in [5.41, 5.74) is 1.44. The van der Waals surface area contributed by atoms with Crippen LogP contribution >= 0.6 is 15.9 Å². The van der Waals surface area contributed by atoms with Gasteiger partial charge in [0.1, 0.15) is 0 Å². The smallest absolute Gasteiger partial charge is 0.271 e. The van der Waals surface area contributed by atoms with Gasteiger partial charge in [-0.05, 0) is 28.1 Å². The van der Waals surface area contributed by atoms with Gasteiger partial charge in [0.25, 0.3) is 5.56 Å². The number of para-hydroxylation sites is 1. The zero-order valence-electron chi connectivity index (χ0n) is 8.74. The predicted octanol–water partition coefficient (Wildman–Crippen LogP) is 2.07. The van der Waals surface area contributed by atoms with Gasteiger partial charge in [-0.2, -0.15) is 0 Å². The molecule has 4 nitrogen and oxygen atoms in total. The Morgan fingerprint density at radius 1 is 1.44 bits per heavy atom. The van der Waals surface area contributed by atoms with Crippen molar-refractivity contribution < 1.29 is 4.74 Å². The first-order valence-electron chi connectivity index (χ1n) is 4.77. The van der Waals surface area contributed by atoms with Crippen LogP contribution in [0, 0.1) is 0 Å². The van der Waals surface area contributed by atoms with Gasteiger partial charge in [0.05, 0.1) is 18.0 Å². The molecule has 1 N–H and O–H groups in total. The molecule has 0 aliphatic rings. The van der Waals surface area contributed by atoms with Crippen molar-refractivity contribution in [1.82, 2.24) is 9.78 Å². The molecule has 0 saturated carbocycles. The lowest BCUT2D eigenvalue weighted by Crippen LogP contribution is -2.13. The summed E-state index contributed by atoms with van der Waals surface area (Å²) in [6.45, 7) is 0.396. The summed E-state index contributed by atoms with van der Waals surface area (Å²) in [6.07, 6.45) is 0. The SMILES string of the molecule is COCc1cc(=O)n(-c2ccccc2Br)[nH]1. The van der Waals surface area contributed by atoms with E-state index in [2.05, 4.69) is 21.0 Å². The number of nitrogens with one attached hydrogen (secondary N) is 1. The zero-order valence-corrected chi connectivity index (χ0v) is 10.3. The standard InChI is InChI=1S/C11H11BrN2O2/c1-16-7-8-6-11(15)14(13-8)10-5-3-2-4-9(10)12/h2-6,13H,7H2,1H3. The lowest BCUT2D eigenvalue weighted by molar-refractivity contribution is 0.181. The molecule has 1 aromatic heterocycles. The number of nitrogens with zero attached hydrogens (tertiary/aromatic N) is 1. The van der Waals surface area contributed by atoms with Gasteiger partial charge >= 0.3 is 0 Å². The van der Waals surface area contributed by atoms with E-state index in [-0.39, 0.29) is 5.56 Å². The molecule has 0 unspecified atom stereocenters. The second-order valence-electron chi connectivity index (χ2n) is 3.34. The summed E-state index contributed by atoms with van der Waals surface area (Å²) in [7, 11) is 1.59. The van der Waals surface area contributed by atoms with Crippen molar-refractivity contribution in [2.75, 3.05) is 7.11 Å². The average molecular weight is 283 g/mol. The molecule has 1 aromatic carbocycles. The Labute approximate surface area is 101 Å². The molecule has 84 valence electrons. The minimum atomic E-state index is -0.0982. The maximum Gasteiger partial charge on any atom is 0.271 e. The lowest BCUT2D eigenvalue weighted by atomic mass is 10.3. The molecule has 0 bridgehead atoms. The first-order chi connectivity index (χ1) is 7.72. The third-order valence-electron chi connectivity index (χ3n) is 2.17. The van der Waals surface area contributed by atoms with Gasteiger partial charge < -0.3 is 4.74 Å². The molecule has 5 heteroatoms. The van der Waals surface area contributed by atoms with Gasteiger partial charge in [0.15, 0.2) is 0 Å². The Morgan fingerprint density at radius 2 is 2.19 bits per heavy atom. The van der Waals surface area contributed by atoms with Crippen LogP contribution in [0.25, 0.3) is 5.69 Å². The number of halogens is 1. The fraction of sp³-hybridized carbons (Fsp3) is 0.182. The Morgan fingerprint density at radius 3 is 2.88 bits per heavy atom. The molecule has 0 aliphatic carbocycles. The number of hydrogen-bond acceptors (Lipinski definition) is 2. The number of rotatable bonds is 3. The average Bonchev–Trinajstić information content (AvgIpc) is 2.61. The number of methoxy groups -OCH3 is 1. The third-order valence-corrected chi connectivity index (χ3v) is 2.84. The summed E-state index contributed by atoms with van der Waals surface area (Å²) < 4.78 is 7.32. The molecule has 0 atom stereocenters. The van der Waals surface area contributed by atoms with Gasteiger partial charge in [-0.25, -0.2) is 4.68 Å². The van der Waals surface area contributed by atoms with Crippen molar-refractivity contribution >= 4 is 15.9 Å². The van der Waals surface area contributed by atoms with E-state index in [1.165, 1.54) is 10.7 Å². The molecular formula is C11H11BrN2O2. The second-order valence-corrected chi connectivity index (χ2v) is 4.19. The molecule has 0 fully saturated rings. The van der Waals surface area contributed by atoms with E-state index in [9.17, 15) is 4.79 Å². The minimum Gasteiger partial charge on any atom is -0.378 e. The predicted molar refractivity (Wildman–Crippen MR) is 64.8 cm³/mol. The minimum absolute atomic E-state index is 0.0982. The van der Waals surface area contributed by atoms with E-state index in [4.69, 9.17) is 4.74 Å². The summed E-state index contributed by atoms with van der Waals surface area (Å²) in [5.74, 6) is 0. The molecule has 0 saturated heterocycles. The van der Waals surface area contributed by atoms with Gasteiger partial charge in [-0.15, -0.1) is 0 Å². The van der Waals surface area contributed by atoms with Crippen LogP contribution in [0.3, 0.4) is 0 Å². The van der Waals surface area contributed by atoms with E-state index >= 15 is 0 Å². The van der Waals surface area contributed by atoms with Crippen LogP contribution in [0.1, 0.15) is 5.69 Å². The quantitative estimate of drug-likeness (QED) is 0.937. The Hall–Kier alpha value is -1.33. The van der Waals surface area contributed by atoms with Gasteiger partial charge in [0.2, 0.25) is 0 Å². The first-order valence-corrected chi connectivity index (χ1v) is 5.56. The highest BCUT2D eigenvalue weighted by molar-refractivity contribution is 9.10. The topological polar surface area (TPSA) is 47.0 Å². The molecule has 16 heavy (non-hydrogen) atoms. The van der Waals surface area contributed by atoms with Crippen LogP contribution in [0.15, 0.2) is 39.6 Å². The van der Waals surface area contributed by atoms with E-state index in [0.717, 1.165) is 15.9 Å². The Bertz CT molecular complexity index is 545. The second kappa shape index (κ2) is 4.67. The maximum absolute atomic E-state index is 11.7. The summed E-state index contributed by atoms with van der Waals surface area (Å²) in [6, 6.07) is 9.06. The normalized spacial score (nSPS) is 10.6. The van der Waals surface area contributed by atoms with Crippen molar-refractivity contribution in [2.45, 2.75) is 6.61 Å². The molecule has 0 amide bonds. The number of hydrogen-bond donors (Lipinski definition) is 1. The fourth-order valence-electron chi connectivity index (χ4n) is 1.49. The number of benzene rings is 1. The molecular weight excluding hydrogens is 272 g/mol. The van der Waals surface area contributed by atoms with Crippen LogP contribution in [-0.2, 0) is 11.3 Å². The maximum atomic E-state index is 11.7. The first kappa shape index (κ1) is 11.2. The lowest BCUT2D eigenvalue weighted by Gasteiger charge is -2.04. The van der Waals surface area contributed by atoms with Crippen LogP contribution in [0.4, 0.5) is 0 Å². The van der Waals surface area contributed by atoms with E-state index in [1.54, 1.807) is 7.11 Å². The van der Waals surface area contributed by atoms with Crippen LogP contribution in [0.2, 0.25) is 0 Å². The number of ether oxygens (including phenoxy) is 1. The largest absolute Gasteiger partial charge is 0.378 e. The summed E-state index contributed by atoms with van der Waals surface area (Å²) in [4.78, 5) is 11.7. The molecule has 2 aromatic rings. The van der Waals surface area contributed by atoms with E-state index in [1.807, 2.05) is 24.3 Å². The molecule has 2 rings (SSSR count). The number of H-pyrrole nitrogens is 1. The van der Waals surface area contributed by atoms with Crippen LogP contribution < -0.4 is 5.56 Å². The highest BCUT2D eigenvalue weighted by atomic mass is 79.9. The molecule has 0 aliphatic heterocycles. The molecule has 1 heterocycles. The third kappa shape index (κ3) is 2.10. The Balaban J connectivity index is 2.48.